The van der Waals surface area contributed by atoms with Gasteiger partial charge in [-0.1, -0.05) is 29.8 Å². The number of aryl methyl sites for hydroxylation is 1. The molecule has 0 saturated carbocycles. The number of hydrogen-bond donors (Lipinski definition) is 2. The Hall–Kier alpha value is -3.16. The minimum absolute atomic E-state index is 0.134. The van der Waals surface area contributed by atoms with Gasteiger partial charge >= 0.3 is 12.1 Å². The van der Waals surface area contributed by atoms with Crippen molar-refractivity contribution in [1.29, 1.82) is 0 Å². The molecule has 1 heterocycles. The predicted octanol–water partition coefficient (Wildman–Crippen LogP) is 2.65. The minimum atomic E-state index is -5.08. The number of sulfonamides is 1. The van der Waals surface area contributed by atoms with Crippen molar-refractivity contribution in [2.24, 2.45) is 0 Å². The number of carbonyl (C=O) groups is 2. The summed E-state index contributed by atoms with van der Waals surface area (Å²) in [6.45, 7) is 6.88. The SMILES string of the molecule is CCOc1ccc(S(=O)(=O)N(CC(=O)N2CCNCC2)Cc2cccc(C)c2)cc1.O=C(O)C(F)(F)F. The molecule has 0 bridgehead atoms. The number of rotatable bonds is 8. The average molecular weight is 546 g/mol. The number of amides is 1. The van der Waals surface area contributed by atoms with Gasteiger partial charge in [0.05, 0.1) is 18.0 Å². The molecule has 0 atom stereocenters. The van der Waals surface area contributed by atoms with Gasteiger partial charge in [0.15, 0.2) is 0 Å². The van der Waals surface area contributed by atoms with Crippen molar-refractivity contribution in [3.05, 3.63) is 59.7 Å². The van der Waals surface area contributed by atoms with Crippen LogP contribution in [0.3, 0.4) is 0 Å². The number of carboxylic acid groups (broad SMARTS) is 1. The van der Waals surface area contributed by atoms with Gasteiger partial charge in [0, 0.05) is 32.7 Å². The van der Waals surface area contributed by atoms with Crippen molar-refractivity contribution in [2.45, 2.75) is 31.5 Å². The first kappa shape index (κ1) is 30.1. The molecule has 2 N–H and O–H groups in total. The van der Waals surface area contributed by atoms with E-state index in [1.165, 1.54) is 16.4 Å². The number of hydrogen-bond acceptors (Lipinski definition) is 6. The normalized spacial score (nSPS) is 14.1. The zero-order valence-corrected chi connectivity index (χ0v) is 21.3. The number of aliphatic carboxylic acids is 1. The highest BCUT2D eigenvalue weighted by atomic mass is 32.2. The van der Waals surface area contributed by atoms with E-state index in [0.717, 1.165) is 24.2 Å². The zero-order chi connectivity index (χ0) is 27.6. The van der Waals surface area contributed by atoms with Crippen molar-refractivity contribution < 1.29 is 41.0 Å². The molecule has 37 heavy (non-hydrogen) atoms. The quantitative estimate of drug-likeness (QED) is 0.524. The van der Waals surface area contributed by atoms with Crippen LogP contribution in [0.15, 0.2) is 53.4 Å². The van der Waals surface area contributed by atoms with Gasteiger partial charge in [-0.3, -0.25) is 4.79 Å². The molecular weight excluding hydrogens is 515 g/mol. The first-order chi connectivity index (χ1) is 17.3. The molecule has 2 aromatic carbocycles. The molecule has 1 fully saturated rings. The summed E-state index contributed by atoms with van der Waals surface area (Å²) in [5, 5.41) is 10.3. The van der Waals surface area contributed by atoms with Crippen LogP contribution in [-0.4, -0.2) is 80.1 Å². The van der Waals surface area contributed by atoms with Crippen LogP contribution < -0.4 is 10.1 Å². The van der Waals surface area contributed by atoms with Gasteiger partial charge in [0.1, 0.15) is 5.75 Å². The van der Waals surface area contributed by atoms with E-state index in [-0.39, 0.29) is 23.9 Å². The summed E-state index contributed by atoms with van der Waals surface area (Å²) in [7, 11) is -3.86. The standard InChI is InChI=1S/C22H29N3O4S.C2HF3O2/c1-3-29-20-7-9-21(10-8-20)30(27,28)25(16-19-6-4-5-18(2)15-19)17-22(26)24-13-11-23-12-14-24;3-2(4,5)1(6)7/h4-10,15,23H,3,11-14,16-17H2,1-2H3;(H,6,7). The van der Waals surface area contributed by atoms with Crippen LogP contribution in [0.5, 0.6) is 5.75 Å². The molecule has 204 valence electrons. The van der Waals surface area contributed by atoms with E-state index in [0.29, 0.717) is 25.4 Å². The fourth-order valence-corrected chi connectivity index (χ4v) is 4.81. The van der Waals surface area contributed by atoms with Crippen LogP contribution in [-0.2, 0) is 26.2 Å². The third kappa shape index (κ3) is 9.34. The third-order valence-corrected chi connectivity index (χ3v) is 7.04. The molecule has 1 aliphatic heterocycles. The van der Waals surface area contributed by atoms with E-state index in [2.05, 4.69) is 5.32 Å². The Balaban J connectivity index is 0.000000604. The largest absolute Gasteiger partial charge is 0.494 e. The highest BCUT2D eigenvalue weighted by molar-refractivity contribution is 7.89. The zero-order valence-electron chi connectivity index (χ0n) is 20.5. The van der Waals surface area contributed by atoms with Crippen LogP contribution in [0.4, 0.5) is 13.2 Å². The van der Waals surface area contributed by atoms with Crippen molar-refractivity contribution in [3.63, 3.8) is 0 Å². The molecule has 2 aromatic rings. The molecule has 0 spiro atoms. The smallest absolute Gasteiger partial charge is 0.490 e. The molecule has 1 amide bonds. The fraction of sp³-hybridized carbons (Fsp3) is 0.417. The Morgan fingerprint density at radius 3 is 2.22 bits per heavy atom. The predicted molar refractivity (Wildman–Crippen MR) is 130 cm³/mol. The van der Waals surface area contributed by atoms with Gasteiger partial charge in [-0.2, -0.15) is 17.5 Å². The summed E-state index contributed by atoms with van der Waals surface area (Å²) in [5.41, 5.74) is 1.89. The van der Waals surface area contributed by atoms with Crippen LogP contribution in [0.2, 0.25) is 0 Å². The van der Waals surface area contributed by atoms with Gasteiger partial charge in [-0.05, 0) is 43.7 Å². The summed E-state index contributed by atoms with van der Waals surface area (Å²) < 4.78 is 65.2. The van der Waals surface area contributed by atoms with E-state index in [4.69, 9.17) is 14.6 Å². The Kier molecular flexibility index (Phi) is 10.9. The number of nitrogens with zero attached hydrogens (tertiary/aromatic N) is 2. The summed E-state index contributed by atoms with van der Waals surface area (Å²) in [5.74, 6) is -2.33. The Bertz CT molecular complexity index is 1150. The maximum absolute atomic E-state index is 13.4. The number of ether oxygens (including phenoxy) is 1. The van der Waals surface area contributed by atoms with Crippen LogP contribution in [0.25, 0.3) is 0 Å². The monoisotopic (exact) mass is 545 g/mol. The lowest BCUT2D eigenvalue weighted by Crippen LogP contribution is -2.50. The Morgan fingerprint density at radius 2 is 1.70 bits per heavy atom. The van der Waals surface area contributed by atoms with E-state index in [1.54, 1.807) is 17.0 Å². The van der Waals surface area contributed by atoms with Crippen molar-refractivity contribution in [1.82, 2.24) is 14.5 Å². The van der Waals surface area contributed by atoms with Gasteiger partial charge in [-0.25, -0.2) is 13.2 Å². The number of benzene rings is 2. The Labute approximate surface area is 213 Å². The molecule has 1 saturated heterocycles. The lowest BCUT2D eigenvalue weighted by molar-refractivity contribution is -0.192. The molecule has 0 aliphatic carbocycles. The first-order valence-corrected chi connectivity index (χ1v) is 12.9. The highest BCUT2D eigenvalue weighted by Gasteiger charge is 2.38. The topological polar surface area (TPSA) is 116 Å². The molecule has 1 aliphatic rings. The molecule has 0 radical (unpaired) electrons. The van der Waals surface area contributed by atoms with Crippen LogP contribution in [0.1, 0.15) is 18.1 Å². The van der Waals surface area contributed by atoms with Crippen LogP contribution >= 0.6 is 0 Å². The van der Waals surface area contributed by atoms with E-state index >= 15 is 0 Å². The van der Waals surface area contributed by atoms with Gasteiger partial charge in [0.2, 0.25) is 15.9 Å². The van der Waals surface area contributed by atoms with Gasteiger partial charge in [-0.15, -0.1) is 0 Å². The van der Waals surface area contributed by atoms with Crippen molar-refractivity contribution in [2.75, 3.05) is 39.3 Å². The molecule has 0 unspecified atom stereocenters. The summed E-state index contributed by atoms with van der Waals surface area (Å²) in [6.07, 6.45) is -5.08. The summed E-state index contributed by atoms with van der Waals surface area (Å²) >= 11 is 0. The van der Waals surface area contributed by atoms with Crippen molar-refractivity contribution >= 4 is 21.9 Å². The molecule has 13 heteroatoms. The second-order valence-corrected chi connectivity index (χ2v) is 10.0. The maximum atomic E-state index is 13.4. The highest BCUT2D eigenvalue weighted by Crippen LogP contribution is 2.22. The van der Waals surface area contributed by atoms with E-state index < -0.39 is 22.2 Å². The second-order valence-electron chi connectivity index (χ2n) is 8.10. The second kappa shape index (κ2) is 13.4. The number of piperazine rings is 1. The van der Waals surface area contributed by atoms with Gasteiger partial charge < -0.3 is 20.1 Å². The van der Waals surface area contributed by atoms with E-state index in [9.17, 15) is 26.4 Å². The number of nitrogens with one attached hydrogen (secondary N) is 1. The number of carboxylic acids is 1. The fourth-order valence-electron chi connectivity index (χ4n) is 3.43. The summed E-state index contributed by atoms with van der Waals surface area (Å²) in [4.78, 5) is 23.6. The van der Waals surface area contributed by atoms with Crippen LogP contribution in [0, 0.1) is 6.92 Å². The first-order valence-electron chi connectivity index (χ1n) is 11.4. The molecule has 0 aromatic heterocycles. The number of carbonyl (C=O) groups excluding carboxylic acids is 1. The third-order valence-electron chi connectivity index (χ3n) is 5.24. The summed E-state index contributed by atoms with van der Waals surface area (Å²) in [6, 6.07) is 14.0. The maximum Gasteiger partial charge on any atom is 0.490 e. The lowest BCUT2D eigenvalue weighted by Gasteiger charge is -2.30. The average Bonchev–Trinajstić information content (AvgIpc) is 2.84. The van der Waals surface area contributed by atoms with Gasteiger partial charge in [0.25, 0.3) is 0 Å². The Morgan fingerprint density at radius 1 is 1.11 bits per heavy atom. The lowest BCUT2D eigenvalue weighted by atomic mass is 10.1. The van der Waals surface area contributed by atoms with E-state index in [1.807, 2.05) is 38.1 Å². The minimum Gasteiger partial charge on any atom is -0.494 e. The molecule has 9 nitrogen and oxygen atoms in total. The molecular formula is C24H30F3N3O6S. The number of halogens is 3. The number of alkyl halides is 3. The van der Waals surface area contributed by atoms with Crippen molar-refractivity contribution in [3.8, 4) is 5.75 Å². The molecule has 3 rings (SSSR count).